The molecular formula is C27H26N2O3S. The van der Waals surface area contributed by atoms with E-state index in [1.165, 1.54) is 0 Å². The van der Waals surface area contributed by atoms with Crippen molar-refractivity contribution in [3.63, 3.8) is 0 Å². The Hall–Kier alpha value is -3.11. The van der Waals surface area contributed by atoms with Crippen molar-refractivity contribution < 1.29 is 13.5 Å². The average Bonchev–Trinajstić information content (AvgIpc) is 3.30. The second-order valence-electron chi connectivity index (χ2n) is 8.63. The summed E-state index contributed by atoms with van der Waals surface area (Å²) in [6.07, 6.45) is 0.688. The molecule has 0 saturated carbocycles. The van der Waals surface area contributed by atoms with Crippen molar-refractivity contribution in [2.45, 2.75) is 30.3 Å². The van der Waals surface area contributed by atoms with Gasteiger partial charge in [-0.25, -0.2) is 8.42 Å². The first-order valence-corrected chi connectivity index (χ1v) is 12.6. The Morgan fingerprint density at radius 3 is 2.48 bits per heavy atom. The lowest BCUT2D eigenvalue weighted by molar-refractivity contribution is 0.210. The number of aliphatic hydroxyl groups excluding tert-OH is 1. The summed E-state index contributed by atoms with van der Waals surface area (Å²) in [7, 11) is -3.69. The molecule has 5 rings (SSSR count). The Balaban J connectivity index is 1.58. The van der Waals surface area contributed by atoms with Crippen LogP contribution in [-0.2, 0) is 10.0 Å². The second-order valence-corrected chi connectivity index (χ2v) is 10.5. The Labute approximate surface area is 195 Å². The Bertz CT molecular complexity index is 1340. The van der Waals surface area contributed by atoms with Crippen molar-refractivity contribution in [1.29, 1.82) is 0 Å². The average molecular weight is 459 g/mol. The number of benzene rings is 3. The normalized spacial score (nSPS) is 21.9. The summed E-state index contributed by atoms with van der Waals surface area (Å²) in [5, 5.41) is 13.4. The maximum absolute atomic E-state index is 13.7. The van der Waals surface area contributed by atoms with Gasteiger partial charge >= 0.3 is 0 Å². The summed E-state index contributed by atoms with van der Waals surface area (Å²) in [6, 6.07) is 22.2. The van der Waals surface area contributed by atoms with Crippen LogP contribution in [0.2, 0.25) is 0 Å². The SMILES string of the molecule is Cc1ccccc1S(=O)(=O)N1CC[C@@H]2[C@H](CO)Nc3ccc(C#Cc4ccccc4)cc3[C@@H]21. The third-order valence-electron chi connectivity index (χ3n) is 6.63. The Kier molecular flexibility index (Phi) is 5.71. The molecule has 1 fully saturated rings. The van der Waals surface area contributed by atoms with E-state index >= 15 is 0 Å². The molecule has 2 aliphatic heterocycles. The molecule has 1 saturated heterocycles. The number of anilines is 1. The van der Waals surface area contributed by atoms with Gasteiger partial charge in [0.25, 0.3) is 0 Å². The minimum atomic E-state index is -3.69. The van der Waals surface area contributed by atoms with Crippen LogP contribution in [0.3, 0.4) is 0 Å². The number of hydrogen-bond donors (Lipinski definition) is 2. The molecule has 3 aromatic rings. The maximum Gasteiger partial charge on any atom is 0.243 e. The summed E-state index contributed by atoms with van der Waals surface area (Å²) < 4.78 is 29.1. The van der Waals surface area contributed by atoms with E-state index in [1.807, 2.05) is 67.6 Å². The summed E-state index contributed by atoms with van der Waals surface area (Å²) >= 11 is 0. The molecule has 2 N–H and O–H groups in total. The van der Waals surface area contributed by atoms with Gasteiger partial charge in [-0.3, -0.25) is 0 Å². The molecule has 6 heteroatoms. The van der Waals surface area contributed by atoms with Crippen LogP contribution in [0.5, 0.6) is 0 Å². The first kappa shape index (κ1) is 21.7. The first-order chi connectivity index (χ1) is 16.0. The Morgan fingerprint density at radius 2 is 1.73 bits per heavy atom. The van der Waals surface area contributed by atoms with E-state index in [2.05, 4.69) is 17.2 Å². The molecule has 3 aromatic carbocycles. The lowest BCUT2D eigenvalue weighted by Crippen LogP contribution is -2.43. The van der Waals surface area contributed by atoms with E-state index in [0.717, 1.165) is 27.9 Å². The fourth-order valence-corrected chi connectivity index (χ4v) is 6.90. The highest BCUT2D eigenvalue weighted by Crippen LogP contribution is 2.48. The topological polar surface area (TPSA) is 69.6 Å². The number of nitrogens with zero attached hydrogens (tertiary/aromatic N) is 1. The van der Waals surface area contributed by atoms with Crippen LogP contribution in [-0.4, -0.2) is 37.0 Å². The summed E-state index contributed by atoms with van der Waals surface area (Å²) in [6.45, 7) is 2.20. The number of rotatable bonds is 3. The van der Waals surface area contributed by atoms with Crippen molar-refractivity contribution in [2.24, 2.45) is 5.92 Å². The fraction of sp³-hybridized carbons (Fsp3) is 0.259. The first-order valence-electron chi connectivity index (χ1n) is 11.1. The van der Waals surface area contributed by atoms with Crippen molar-refractivity contribution in [3.05, 3.63) is 95.1 Å². The highest BCUT2D eigenvalue weighted by Gasteiger charge is 2.48. The van der Waals surface area contributed by atoms with Gasteiger partial charge in [-0.15, -0.1) is 0 Å². The standard InChI is InChI=1S/C27H26N2O3S/c1-19-7-5-6-10-26(19)33(31,32)29-16-15-22-25(18-30)28-24-14-13-21(17-23(24)27(22)29)12-11-20-8-3-2-4-9-20/h2-10,13-14,17,22,25,27-28,30H,15-16,18H2,1H3/t22-,25+,27-/m1/s1. The molecule has 5 nitrogen and oxygen atoms in total. The second kappa shape index (κ2) is 8.68. The molecule has 0 aromatic heterocycles. The minimum Gasteiger partial charge on any atom is -0.394 e. The van der Waals surface area contributed by atoms with Crippen LogP contribution in [0.4, 0.5) is 5.69 Å². The predicted octanol–water partition coefficient (Wildman–Crippen LogP) is 3.93. The molecule has 0 unspecified atom stereocenters. The van der Waals surface area contributed by atoms with Gasteiger partial charge in [-0.2, -0.15) is 4.31 Å². The zero-order chi connectivity index (χ0) is 23.0. The quantitative estimate of drug-likeness (QED) is 0.584. The van der Waals surface area contributed by atoms with Gasteiger partial charge < -0.3 is 10.4 Å². The number of fused-ring (bicyclic) bond motifs is 3. The largest absolute Gasteiger partial charge is 0.394 e. The number of sulfonamides is 1. The van der Waals surface area contributed by atoms with E-state index in [9.17, 15) is 13.5 Å². The van der Waals surface area contributed by atoms with Gasteiger partial charge in [0.15, 0.2) is 0 Å². The minimum absolute atomic E-state index is 0.0152. The molecule has 168 valence electrons. The van der Waals surface area contributed by atoms with Gasteiger partial charge in [-0.05, 0) is 60.9 Å². The highest BCUT2D eigenvalue weighted by atomic mass is 32.2. The molecule has 33 heavy (non-hydrogen) atoms. The lowest BCUT2D eigenvalue weighted by atomic mass is 9.83. The van der Waals surface area contributed by atoms with Gasteiger partial charge in [0, 0.05) is 29.3 Å². The van der Waals surface area contributed by atoms with Crippen LogP contribution >= 0.6 is 0 Å². The monoisotopic (exact) mass is 458 g/mol. The van der Waals surface area contributed by atoms with Gasteiger partial charge in [0.2, 0.25) is 10.0 Å². The molecule has 0 spiro atoms. The summed E-state index contributed by atoms with van der Waals surface area (Å²) in [4.78, 5) is 0.339. The number of hydrogen-bond acceptors (Lipinski definition) is 4. The van der Waals surface area contributed by atoms with Gasteiger partial charge in [-0.1, -0.05) is 48.2 Å². The molecule has 0 bridgehead atoms. The highest BCUT2D eigenvalue weighted by molar-refractivity contribution is 7.89. The lowest BCUT2D eigenvalue weighted by Gasteiger charge is -2.39. The third-order valence-corrected chi connectivity index (χ3v) is 8.67. The molecule has 2 heterocycles. The van der Waals surface area contributed by atoms with Crippen molar-refractivity contribution in [1.82, 2.24) is 4.31 Å². The smallest absolute Gasteiger partial charge is 0.243 e. The molecule has 2 aliphatic rings. The molecule has 0 aliphatic carbocycles. The summed E-state index contributed by atoms with van der Waals surface area (Å²) in [5.41, 5.74) is 4.26. The number of aliphatic hydroxyl groups is 1. The third kappa shape index (κ3) is 3.93. The van der Waals surface area contributed by atoms with Gasteiger partial charge in [0.1, 0.15) is 0 Å². The van der Waals surface area contributed by atoms with Crippen LogP contribution in [0.15, 0.2) is 77.7 Å². The zero-order valence-electron chi connectivity index (χ0n) is 18.4. The van der Waals surface area contributed by atoms with E-state index in [-0.39, 0.29) is 24.6 Å². The fourth-order valence-electron chi connectivity index (χ4n) is 5.01. The van der Waals surface area contributed by atoms with Crippen LogP contribution < -0.4 is 5.32 Å². The molecule has 3 atom stereocenters. The Morgan fingerprint density at radius 1 is 1.00 bits per heavy atom. The number of nitrogens with one attached hydrogen (secondary N) is 1. The van der Waals surface area contributed by atoms with E-state index in [4.69, 9.17) is 0 Å². The van der Waals surface area contributed by atoms with Crippen LogP contribution in [0.1, 0.15) is 34.7 Å². The maximum atomic E-state index is 13.7. The molecule has 0 amide bonds. The molecule has 0 radical (unpaired) electrons. The number of aryl methyl sites for hydroxylation is 1. The van der Waals surface area contributed by atoms with Crippen molar-refractivity contribution in [3.8, 4) is 11.8 Å². The van der Waals surface area contributed by atoms with Crippen molar-refractivity contribution >= 4 is 15.7 Å². The van der Waals surface area contributed by atoms with Crippen molar-refractivity contribution in [2.75, 3.05) is 18.5 Å². The van der Waals surface area contributed by atoms with Gasteiger partial charge in [0.05, 0.1) is 23.6 Å². The summed E-state index contributed by atoms with van der Waals surface area (Å²) in [5.74, 6) is 6.38. The van der Waals surface area contributed by atoms with Crippen LogP contribution in [0, 0.1) is 24.7 Å². The van der Waals surface area contributed by atoms with E-state index in [1.54, 1.807) is 16.4 Å². The van der Waals surface area contributed by atoms with E-state index < -0.39 is 10.0 Å². The predicted molar refractivity (Wildman–Crippen MR) is 129 cm³/mol. The van der Waals surface area contributed by atoms with E-state index in [0.29, 0.717) is 17.9 Å². The van der Waals surface area contributed by atoms with Crippen LogP contribution in [0.25, 0.3) is 0 Å². The zero-order valence-corrected chi connectivity index (χ0v) is 19.2. The molecular weight excluding hydrogens is 432 g/mol.